The van der Waals surface area contributed by atoms with Gasteiger partial charge in [-0.15, -0.1) is 0 Å². The number of rotatable bonds is 10. The van der Waals surface area contributed by atoms with Crippen LogP contribution in [0.15, 0.2) is 30.3 Å². The number of nitrogens with zero attached hydrogens (tertiary/aromatic N) is 1. The van der Waals surface area contributed by atoms with Crippen molar-refractivity contribution in [3.8, 4) is 6.07 Å². The second-order valence-electron chi connectivity index (χ2n) is 7.97. The van der Waals surface area contributed by atoms with E-state index in [4.69, 9.17) is 10.00 Å². The molecular formula is C21H33N3O3. The molecule has 3 N–H and O–H groups in total. The topological polar surface area (TPSA) is 94.4 Å². The minimum Gasteiger partial charge on any atom is -0.444 e. The van der Waals surface area contributed by atoms with Gasteiger partial charge in [0.25, 0.3) is 0 Å². The predicted octanol–water partition coefficient (Wildman–Crippen LogP) is 3.01. The molecule has 0 aliphatic carbocycles. The summed E-state index contributed by atoms with van der Waals surface area (Å²) < 4.78 is 5.33. The molecule has 0 aromatic heterocycles. The van der Waals surface area contributed by atoms with Crippen LogP contribution in [0.5, 0.6) is 0 Å². The van der Waals surface area contributed by atoms with Crippen LogP contribution in [0.1, 0.15) is 46.1 Å². The number of nitriles is 1. The average molecular weight is 376 g/mol. The first-order chi connectivity index (χ1) is 12.7. The van der Waals surface area contributed by atoms with E-state index >= 15 is 0 Å². The molecule has 0 aliphatic rings. The molecule has 1 amide bonds. The Labute approximate surface area is 162 Å². The van der Waals surface area contributed by atoms with Gasteiger partial charge in [-0.1, -0.05) is 37.3 Å². The first-order valence-corrected chi connectivity index (χ1v) is 9.50. The number of carbonyl (C=O) groups excluding carboxylic acids is 1. The molecule has 2 unspecified atom stereocenters. The van der Waals surface area contributed by atoms with E-state index in [9.17, 15) is 9.90 Å². The lowest BCUT2D eigenvalue weighted by Gasteiger charge is -2.27. The summed E-state index contributed by atoms with van der Waals surface area (Å²) in [4.78, 5) is 12.2. The van der Waals surface area contributed by atoms with E-state index in [1.165, 1.54) is 0 Å². The summed E-state index contributed by atoms with van der Waals surface area (Å²) in [5.41, 5.74) is 0.431. The zero-order valence-electron chi connectivity index (χ0n) is 16.9. The van der Waals surface area contributed by atoms with Crippen molar-refractivity contribution in [3.05, 3.63) is 35.9 Å². The monoisotopic (exact) mass is 375 g/mol. The van der Waals surface area contributed by atoms with Crippen molar-refractivity contribution in [1.29, 1.82) is 5.26 Å². The molecule has 0 saturated heterocycles. The normalized spacial score (nSPS) is 14.7. The van der Waals surface area contributed by atoms with Gasteiger partial charge in [-0.05, 0) is 51.6 Å². The molecule has 0 saturated carbocycles. The van der Waals surface area contributed by atoms with E-state index in [0.717, 1.165) is 12.0 Å². The van der Waals surface area contributed by atoms with Crippen LogP contribution in [0.2, 0.25) is 0 Å². The molecular weight excluding hydrogens is 342 g/mol. The van der Waals surface area contributed by atoms with Crippen LogP contribution >= 0.6 is 0 Å². The lowest BCUT2D eigenvalue weighted by atomic mass is 10.0. The average Bonchev–Trinajstić information content (AvgIpc) is 2.58. The molecule has 0 heterocycles. The maximum absolute atomic E-state index is 12.2. The maximum Gasteiger partial charge on any atom is 0.407 e. The summed E-state index contributed by atoms with van der Waals surface area (Å²) in [6.07, 6.45) is 0.559. The second-order valence-corrected chi connectivity index (χ2v) is 7.97. The highest BCUT2D eigenvalue weighted by Gasteiger charge is 2.25. The lowest BCUT2D eigenvalue weighted by molar-refractivity contribution is 0.0422. The van der Waals surface area contributed by atoms with Gasteiger partial charge in [0.2, 0.25) is 0 Å². The Kier molecular flexibility index (Phi) is 9.84. The van der Waals surface area contributed by atoms with Crippen molar-refractivity contribution < 1.29 is 14.6 Å². The molecule has 0 aliphatic heterocycles. The van der Waals surface area contributed by atoms with Gasteiger partial charge in [0.15, 0.2) is 0 Å². The minimum absolute atomic E-state index is 0.350. The largest absolute Gasteiger partial charge is 0.444 e. The van der Waals surface area contributed by atoms with Crippen LogP contribution in [-0.2, 0) is 11.2 Å². The third kappa shape index (κ3) is 10.6. The molecule has 3 atom stereocenters. The van der Waals surface area contributed by atoms with Crippen molar-refractivity contribution in [2.45, 2.75) is 64.7 Å². The quantitative estimate of drug-likeness (QED) is 0.584. The first-order valence-electron chi connectivity index (χ1n) is 9.50. The van der Waals surface area contributed by atoms with Gasteiger partial charge in [0.05, 0.1) is 18.2 Å². The SMILES string of the molecule is CC(CCC#N)CNCC(O)[C@H](Cc1ccccc1)NC(=O)OC(C)(C)C. The van der Waals surface area contributed by atoms with Crippen LogP contribution in [0, 0.1) is 17.2 Å². The van der Waals surface area contributed by atoms with E-state index in [0.29, 0.717) is 31.8 Å². The Morgan fingerprint density at radius 3 is 2.52 bits per heavy atom. The van der Waals surface area contributed by atoms with Crippen molar-refractivity contribution >= 4 is 6.09 Å². The molecule has 0 bridgehead atoms. The fourth-order valence-corrected chi connectivity index (χ4v) is 2.64. The number of nitrogens with one attached hydrogen (secondary N) is 2. The molecule has 1 aromatic carbocycles. The van der Waals surface area contributed by atoms with Crippen LogP contribution in [-0.4, -0.2) is 42.0 Å². The molecule has 6 nitrogen and oxygen atoms in total. The molecule has 0 spiro atoms. The Balaban J connectivity index is 2.63. The van der Waals surface area contributed by atoms with E-state index < -0.39 is 23.8 Å². The van der Waals surface area contributed by atoms with Crippen LogP contribution in [0.4, 0.5) is 4.79 Å². The summed E-state index contributed by atoms with van der Waals surface area (Å²) in [7, 11) is 0. The van der Waals surface area contributed by atoms with E-state index in [1.807, 2.05) is 30.3 Å². The number of hydrogen-bond donors (Lipinski definition) is 3. The van der Waals surface area contributed by atoms with Crippen molar-refractivity contribution in [3.63, 3.8) is 0 Å². The molecule has 1 rings (SSSR count). The van der Waals surface area contributed by atoms with Crippen LogP contribution in [0.25, 0.3) is 0 Å². The summed E-state index contributed by atoms with van der Waals surface area (Å²) in [5.74, 6) is 0.350. The van der Waals surface area contributed by atoms with Gasteiger partial charge < -0.3 is 20.5 Å². The highest BCUT2D eigenvalue weighted by molar-refractivity contribution is 5.68. The Hall–Kier alpha value is -2.10. The van der Waals surface area contributed by atoms with E-state index in [2.05, 4.69) is 23.6 Å². The number of ether oxygens (including phenoxy) is 1. The third-order valence-electron chi connectivity index (χ3n) is 4.06. The van der Waals surface area contributed by atoms with Gasteiger partial charge in [-0.3, -0.25) is 0 Å². The smallest absolute Gasteiger partial charge is 0.407 e. The first kappa shape index (κ1) is 22.9. The standard InChI is InChI=1S/C21H33N3O3/c1-16(9-8-12-22)14-23-15-19(25)18(13-17-10-6-5-7-11-17)24-20(26)27-21(2,3)4/h5-7,10-11,16,18-19,23,25H,8-9,13-15H2,1-4H3,(H,24,26)/t16?,18-,19?/m0/s1. The highest BCUT2D eigenvalue weighted by atomic mass is 16.6. The molecule has 0 fully saturated rings. The molecule has 150 valence electrons. The summed E-state index contributed by atoms with van der Waals surface area (Å²) >= 11 is 0. The van der Waals surface area contributed by atoms with Crippen molar-refractivity contribution in [2.75, 3.05) is 13.1 Å². The van der Waals surface area contributed by atoms with Crippen molar-refractivity contribution in [1.82, 2.24) is 10.6 Å². The second kappa shape index (κ2) is 11.6. The highest BCUT2D eigenvalue weighted by Crippen LogP contribution is 2.10. The number of hydrogen-bond acceptors (Lipinski definition) is 5. The van der Waals surface area contributed by atoms with E-state index in [-0.39, 0.29) is 0 Å². The fourth-order valence-electron chi connectivity index (χ4n) is 2.64. The van der Waals surface area contributed by atoms with Crippen molar-refractivity contribution in [2.24, 2.45) is 5.92 Å². The lowest BCUT2D eigenvalue weighted by Crippen LogP contribution is -2.50. The maximum atomic E-state index is 12.2. The minimum atomic E-state index is -0.763. The summed E-state index contributed by atoms with van der Waals surface area (Å²) in [6, 6.07) is 11.4. The molecule has 1 aromatic rings. The van der Waals surface area contributed by atoms with Gasteiger partial charge in [-0.25, -0.2) is 4.79 Å². The van der Waals surface area contributed by atoms with Gasteiger partial charge in [-0.2, -0.15) is 5.26 Å². The number of aliphatic hydroxyl groups is 1. The molecule has 27 heavy (non-hydrogen) atoms. The molecule has 6 heteroatoms. The third-order valence-corrected chi connectivity index (χ3v) is 4.06. The number of amides is 1. The number of carbonyl (C=O) groups is 1. The van der Waals surface area contributed by atoms with Gasteiger partial charge >= 0.3 is 6.09 Å². The zero-order chi connectivity index (χ0) is 20.3. The van der Waals surface area contributed by atoms with Gasteiger partial charge in [0.1, 0.15) is 5.60 Å². The number of benzene rings is 1. The van der Waals surface area contributed by atoms with Gasteiger partial charge in [0, 0.05) is 13.0 Å². The number of aliphatic hydroxyl groups excluding tert-OH is 1. The Morgan fingerprint density at radius 1 is 1.26 bits per heavy atom. The summed E-state index contributed by atoms with van der Waals surface area (Å²) in [6.45, 7) is 8.54. The summed E-state index contributed by atoms with van der Waals surface area (Å²) in [5, 5.41) is 25.3. The van der Waals surface area contributed by atoms with E-state index in [1.54, 1.807) is 20.8 Å². The fraction of sp³-hybridized carbons (Fsp3) is 0.619. The van der Waals surface area contributed by atoms with Crippen LogP contribution < -0.4 is 10.6 Å². The Morgan fingerprint density at radius 2 is 1.93 bits per heavy atom. The molecule has 0 radical (unpaired) electrons. The Bertz CT molecular complexity index is 593. The predicted molar refractivity (Wildman–Crippen MR) is 106 cm³/mol. The van der Waals surface area contributed by atoms with Crippen LogP contribution in [0.3, 0.4) is 0 Å². The number of alkyl carbamates (subject to hydrolysis) is 1. The zero-order valence-corrected chi connectivity index (χ0v) is 16.9.